The molecule has 6 rings (SSSR count). The number of aliphatic hydroxyl groups excluding tert-OH is 1. The molecule has 2 heteroatoms. The molecule has 1 aromatic carbocycles. The second-order valence-corrected chi connectivity index (χ2v) is 11.7. The van der Waals surface area contributed by atoms with Crippen LogP contribution >= 0.6 is 0 Å². The Hall–Kier alpha value is -1.93. The van der Waals surface area contributed by atoms with Gasteiger partial charge in [-0.2, -0.15) is 0 Å². The normalized spacial score (nSPS) is 34.5. The van der Waals surface area contributed by atoms with E-state index < -0.39 is 0 Å². The van der Waals surface area contributed by atoms with Crippen molar-refractivity contribution in [1.29, 1.82) is 0 Å². The zero-order valence-electron chi connectivity index (χ0n) is 20.0. The Morgan fingerprint density at radius 2 is 1.58 bits per heavy atom. The maximum Gasteiger partial charge on any atom is 0.167 e. The van der Waals surface area contributed by atoms with Crippen molar-refractivity contribution >= 4 is 11.4 Å². The smallest absolute Gasteiger partial charge is 0.167 e. The minimum absolute atomic E-state index is 0.189. The average molecular weight is 443 g/mol. The van der Waals surface area contributed by atoms with Gasteiger partial charge in [0.15, 0.2) is 5.78 Å². The fourth-order valence-electron chi connectivity index (χ4n) is 7.98. The van der Waals surface area contributed by atoms with Gasteiger partial charge in [-0.05, 0) is 122 Å². The van der Waals surface area contributed by atoms with Crippen molar-refractivity contribution in [2.75, 3.05) is 6.61 Å². The molecular weight excluding hydrogens is 404 g/mol. The summed E-state index contributed by atoms with van der Waals surface area (Å²) in [5, 5.41) is 9.24. The summed E-state index contributed by atoms with van der Waals surface area (Å²) in [4.78, 5) is 13.2. The van der Waals surface area contributed by atoms with Crippen LogP contribution in [0.4, 0.5) is 0 Å². The zero-order valence-corrected chi connectivity index (χ0v) is 20.0. The molecule has 4 bridgehead atoms. The van der Waals surface area contributed by atoms with Crippen LogP contribution in [0.2, 0.25) is 0 Å². The zero-order chi connectivity index (χ0) is 22.5. The van der Waals surface area contributed by atoms with Crippen LogP contribution in [0, 0.1) is 35.5 Å². The molecule has 5 aliphatic carbocycles. The largest absolute Gasteiger partial charge is 0.396 e. The number of rotatable bonds is 8. The molecule has 0 radical (unpaired) electrons. The summed E-state index contributed by atoms with van der Waals surface area (Å²) in [5.74, 6) is 5.69. The maximum absolute atomic E-state index is 13.2. The van der Waals surface area contributed by atoms with E-state index in [0.29, 0.717) is 12.3 Å². The van der Waals surface area contributed by atoms with E-state index in [2.05, 4.69) is 49.4 Å². The Morgan fingerprint density at radius 1 is 0.909 bits per heavy atom. The summed E-state index contributed by atoms with van der Waals surface area (Å²) in [5.41, 5.74) is 5.97. The van der Waals surface area contributed by atoms with E-state index in [-0.39, 0.29) is 12.4 Å². The van der Waals surface area contributed by atoms with Crippen molar-refractivity contribution in [3.63, 3.8) is 0 Å². The summed E-state index contributed by atoms with van der Waals surface area (Å²) in [6, 6.07) is 6.87. The van der Waals surface area contributed by atoms with Crippen LogP contribution in [0.15, 0.2) is 48.1 Å². The molecule has 0 spiro atoms. The molecule has 0 amide bonds. The minimum Gasteiger partial charge on any atom is -0.396 e. The van der Waals surface area contributed by atoms with Gasteiger partial charge in [0.05, 0.1) is 0 Å². The quantitative estimate of drug-likeness (QED) is 0.436. The Morgan fingerprint density at radius 3 is 2.12 bits per heavy atom. The van der Waals surface area contributed by atoms with Crippen LogP contribution in [0.25, 0.3) is 5.57 Å². The number of allylic oxidation sites excluding steroid dienone is 6. The van der Waals surface area contributed by atoms with Gasteiger partial charge < -0.3 is 5.11 Å². The lowest BCUT2D eigenvalue weighted by molar-refractivity contribution is 0.0989. The van der Waals surface area contributed by atoms with Crippen LogP contribution in [0.5, 0.6) is 0 Å². The highest BCUT2D eigenvalue weighted by atomic mass is 16.2. The Labute approximate surface area is 198 Å². The first-order valence-corrected chi connectivity index (χ1v) is 13.4. The first kappa shape index (κ1) is 21.6. The Balaban J connectivity index is 1.28. The average Bonchev–Trinajstić information content (AvgIpc) is 3.62. The van der Waals surface area contributed by atoms with E-state index in [1.54, 1.807) is 0 Å². The lowest BCUT2D eigenvalue weighted by Crippen LogP contribution is -2.18. The molecule has 0 heterocycles. The number of Topliss-reactive ketones (excluding diaryl/α,β-unsaturated/α-hetero) is 1. The highest BCUT2D eigenvalue weighted by Crippen LogP contribution is 2.52. The predicted molar refractivity (Wildman–Crippen MR) is 134 cm³/mol. The molecular formula is C31H38O2. The highest BCUT2D eigenvalue weighted by molar-refractivity contribution is 6.05. The standard InChI is InChI=1S/C31H38O2/c1-19-22(3-2-10-32)18-31(33)30-17-25(8-9-29(19)30)28(15-26-13-20-4-6-23(26)11-20)16-27-14-21-5-7-24(27)12-21/h4-9,17,20-21,23-24,26-28,32H,2-3,10-16,18H2,1H3. The van der Waals surface area contributed by atoms with Gasteiger partial charge in [-0.1, -0.05) is 42.0 Å². The van der Waals surface area contributed by atoms with Gasteiger partial charge in [0.2, 0.25) is 0 Å². The molecule has 33 heavy (non-hydrogen) atoms. The van der Waals surface area contributed by atoms with Gasteiger partial charge >= 0.3 is 0 Å². The van der Waals surface area contributed by atoms with E-state index in [0.717, 1.165) is 59.5 Å². The predicted octanol–water partition coefficient (Wildman–Crippen LogP) is 7.11. The van der Waals surface area contributed by atoms with Crippen LogP contribution in [-0.2, 0) is 0 Å². The van der Waals surface area contributed by atoms with Crippen LogP contribution in [-0.4, -0.2) is 17.5 Å². The van der Waals surface area contributed by atoms with Crippen LogP contribution in [0.1, 0.15) is 92.1 Å². The third-order valence-electron chi connectivity index (χ3n) is 9.77. The van der Waals surface area contributed by atoms with Crippen molar-refractivity contribution in [2.45, 2.75) is 70.6 Å². The Kier molecular flexibility index (Phi) is 5.69. The fraction of sp³-hybridized carbons (Fsp3) is 0.581. The summed E-state index contributed by atoms with van der Waals surface area (Å²) < 4.78 is 0. The molecule has 5 aliphatic rings. The molecule has 6 atom stereocenters. The van der Waals surface area contributed by atoms with Gasteiger partial charge in [-0.15, -0.1) is 0 Å². The van der Waals surface area contributed by atoms with Crippen LogP contribution < -0.4 is 0 Å². The minimum atomic E-state index is 0.189. The Bertz CT molecular complexity index is 991. The summed E-state index contributed by atoms with van der Waals surface area (Å²) >= 11 is 0. The van der Waals surface area contributed by atoms with Crippen molar-refractivity contribution in [3.05, 3.63) is 64.8 Å². The van der Waals surface area contributed by atoms with E-state index in [4.69, 9.17) is 0 Å². The second kappa shape index (κ2) is 8.69. The summed E-state index contributed by atoms with van der Waals surface area (Å²) in [7, 11) is 0. The number of benzene rings is 1. The number of aliphatic hydroxyl groups is 1. The van der Waals surface area contributed by atoms with E-state index in [1.807, 2.05) is 0 Å². The van der Waals surface area contributed by atoms with E-state index in [9.17, 15) is 9.90 Å². The first-order chi connectivity index (χ1) is 16.1. The number of hydrogen-bond donors (Lipinski definition) is 1. The molecule has 2 saturated carbocycles. The molecule has 174 valence electrons. The second-order valence-electron chi connectivity index (χ2n) is 11.7. The monoisotopic (exact) mass is 442 g/mol. The van der Waals surface area contributed by atoms with Crippen molar-refractivity contribution in [1.82, 2.24) is 0 Å². The molecule has 1 aromatic rings. The molecule has 1 N–H and O–H groups in total. The van der Waals surface area contributed by atoms with Crippen molar-refractivity contribution in [3.8, 4) is 0 Å². The van der Waals surface area contributed by atoms with Crippen molar-refractivity contribution in [2.24, 2.45) is 35.5 Å². The van der Waals surface area contributed by atoms with Gasteiger partial charge in [0, 0.05) is 18.6 Å². The van der Waals surface area contributed by atoms with Crippen molar-refractivity contribution < 1.29 is 9.90 Å². The third-order valence-corrected chi connectivity index (χ3v) is 9.77. The first-order valence-electron chi connectivity index (χ1n) is 13.4. The fourth-order valence-corrected chi connectivity index (χ4v) is 7.98. The van der Waals surface area contributed by atoms with Gasteiger partial charge in [-0.3, -0.25) is 4.79 Å². The number of carbonyl (C=O) groups excluding carboxylic acids is 1. The van der Waals surface area contributed by atoms with E-state index in [1.165, 1.54) is 55.2 Å². The SMILES string of the molecule is CC1=C(CCCO)CC(=O)c2cc(C(CC3CC4C=CC3C4)CC3CC4C=CC3C4)ccc21. The van der Waals surface area contributed by atoms with Gasteiger partial charge in [0.25, 0.3) is 0 Å². The maximum atomic E-state index is 13.2. The highest BCUT2D eigenvalue weighted by Gasteiger charge is 2.40. The van der Waals surface area contributed by atoms with E-state index >= 15 is 0 Å². The molecule has 6 unspecified atom stereocenters. The molecule has 2 fully saturated rings. The van der Waals surface area contributed by atoms with Crippen LogP contribution in [0.3, 0.4) is 0 Å². The lowest BCUT2D eigenvalue weighted by Gasteiger charge is -2.30. The number of carbonyl (C=O) groups is 1. The number of fused-ring (bicyclic) bond motifs is 5. The summed E-state index contributed by atoms with van der Waals surface area (Å²) in [6.45, 7) is 2.35. The molecule has 0 aromatic heterocycles. The molecule has 2 nitrogen and oxygen atoms in total. The van der Waals surface area contributed by atoms with Gasteiger partial charge in [-0.25, -0.2) is 0 Å². The topological polar surface area (TPSA) is 37.3 Å². The summed E-state index contributed by atoms with van der Waals surface area (Å²) in [6.07, 6.45) is 20.1. The van der Waals surface area contributed by atoms with Gasteiger partial charge in [0.1, 0.15) is 0 Å². The lowest BCUT2D eigenvalue weighted by atomic mass is 9.74. The third kappa shape index (κ3) is 3.99. The molecule has 0 saturated heterocycles. The number of ketones is 1. The molecule has 0 aliphatic heterocycles. The number of hydrogen-bond acceptors (Lipinski definition) is 2.